The summed E-state index contributed by atoms with van der Waals surface area (Å²) < 4.78 is 38.0. The molecule has 80 valence electrons. The number of rotatable bonds is 1. The van der Waals surface area contributed by atoms with E-state index in [2.05, 4.69) is 25.9 Å². The quantitative estimate of drug-likeness (QED) is 0.804. The minimum Gasteiger partial charge on any atom is -0.322 e. The van der Waals surface area contributed by atoms with Crippen molar-refractivity contribution in [3.63, 3.8) is 0 Å². The van der Waals surface area contributed by atoms with E-state index in [1.165, 1.54) is 18.5 Å². The molecule has 0 aliphatic carbocycles. The fourth-order valence-electron chi connectivity index (χ4n) is 1.26. The molecule has 0 aliphatic rings. The molecule has 0 fully saturated rings. The molecule has 0 aromatic carbocycles. The van der Waals surface area contributed by atoms with Crippen LogP contribution in [-0.2, 0) is 6.54 Å². The number of aromatic nitrogens is 3. The zero-order chi connectivity index (χ0) is 11.1. The maximum absolute atomic E-state index is 12.1. The first-order chi connectivity index (χ1) is 6.96. The molecule has 0 unspecified atom stereocenters. The monoisotopic (exact) mass is 279 g/mol. The highest BCUT2D eigenvalue weighted by molar-refractivity contribution is 9.10. The highest BCUT2D eigenvalue weighted by Crippen LogP contribution is 2.21. The zero-order valence-corrected chi connectivity index (χ0v) is 8.88. The molecule has 0 atom stereocenters. The molecule has 0 spiro atoms. The highest BCUT2D eigenvalue weighted by atomic mass is 79.9. The van der Waals surface area contributed by atoms with Gasteiger partial charge in [0, 0.05) is 6.20 Å². The van der Waals surface area contributed by atoms with Gasteiger partial charge in [0.2, 0.25) is 0 Å². The molecular formula is C8H5BrF3N3. The summed E-state index contributed by atoms with van der Waals surface area (Å²) in [5, 5.41) is 0. The summed E-state index contributed by atoms with van der Waals surface area (Å²) in [6.07, 6.45) is -1.56. The average Bonchev–Trinajstić information content (AvgIpc) is 2.45. The molecule has 15 heavy (non-hydrogen) atoms. The van der Waals surface area contributed by atoms with E-state index >= 15 is 0 Å². The molecule has 2 aromatic heterocycles. The lowest BCUT2D eigenvalue weighted by Crippen LogP contribution is -2.17. The highest BCUT2D eigenvalue weighted by Gasteiger charge is 2.28. The molecule has 0 aliphatic heterocycles. The Hall–Kier alpha value is -1.11. The summed E-state index contributed by atoms with van der Waals surface area (Å²) in [6, 6.07) is 1.50. The summed E-state index contributed by atoms with van der Waals surface area (Å²) in [6.45, 7) is -1.05. The van der Waals surface area contributed by atoms with Crippen molar-refractivity contribution in [1.29, 1.82) is 0 Å². The lowest BCUT2D eigenvalue weighted by Gasteiger charge is -2.07. The fraction of sp³-hybridized carbons (Fsp3) is 0.250. The minimum absolute atomic E-state index is 0.232. The van der Waals surface area contributed by atoms with E-state index in [9.17, 15) is 13.2 Å². The molecule has 2 aromatic rings. The van der Waals surface area contributed by atoms with Gasteiger partial charge in [-0.3, -0.25) is 0 Å². The maximum Gasteiger partial charge on any atom is 0.406 e. The van der Waals surface area contributed by atoms with Crippen molar-refractivity contribution in [2.75, 3.05) is 0 Å². The van der Waals surface area contributed by atoms with Crippen LogP contribution in [0.1, 0.15) is 0 Å². The van der Waals surface area contributed by atoms with Crippen LogP contribution in [0.4, 0.5) is 13.2 Å². The van der Waals surface area contributed by atoms with Crippen molar-refractivity contribution >= 4 is 27.1 Å². The Balaban J connectivity index is 2.45. The van der Waals surface area contributed by atoms with Gasteiger partial charge in [0.15, 0.2) is 5.65 Å². The molecule has 0 bridgehead atoms. The van der Waals surface area contributed by atoms with Crippen LogP contribution in [-0.4, -0.2) is 20.7 Å². The van der Waals surface area contributed by atoms with Gasteiger partial charge in [-0.25, -0.2) is 9.97 Å². The van der Waals surface area contributed by atoms with E-state index in [-0.39, 0.29) is 5.65 Å². The summed E-state index contributed by atoms with van der Waals surface area (Å²) in [7, 11) is 0. The van der Waals surface area contributed by atoms with Crippen LogP contribution in [0.25, 0.3) is 11.2 Å². The van der Waals surface area contributed by atoms with Crippen LogP contribution < -0.4 is 0 Å². The summed E-state index contributed by atoms with van der Waals surface area (Å²) in [5.41, 5.74) is 0.671. The largest absolute Gasteiger partial charge is 0.406 e. The first kappa shape index (κ1) is 10.4. The Labute approximate surface area is 91.1 Å². The standard InChI is InChI=1S/C8H5BrF3N3/c9-6-3-13-7-5(14-6)1-2-15(7)4-8(10,11)12/h1-3H,4H2. The first-order valence-corrected chi connectivity index (χ1v) is 4.79. The van der Waals surface area contributed by atoms with Crippen molar-refractivity contribution in [1.82, 2.24) is 14.5 Å². The molecule has 2 heterocycles. The fourth-order valence-corrected chi connectivity index (χ4v) is 1.55. The normalized spacial score (nSPS) is 12.3. The molecule has 0 saturated heterocycles. The van der Waals surface area contributed by atoms with Crippen LogP contribution in [0, 0.1) is 0 Å². The maximum atomic E-state index is 12.1. The molecule has 0 radical (unpaired) electrons. The predicted octanol–water partition coefficient (Wildman–Crippen LogP) is 2.76. The topological polar surface area (TPSA) is 30.7 Å². The molecular weight excluding hydrogens is 275 g/mol. The van der Waals surface area contributed by atoms with Crippen LogP contribution >= 0.6 is 15.9 Å². The molecule has 2 rings (SSSR count). The Morgan fingerprint density at radius 3 is 2.80 bits per heavy atom. The van der Waals surface area contributed by atoms with Gasteiger partial charge < -0.3 is 4.57 Å². The van der Waals surface area contributed by atoms with E-state index in [1.54, 1.807) is 0 Å². The van der Waals surface area contributed by atoms with Crippen molar-refractivity contribution in [3.8, 4) is 0 Å². The Morgan fingerprint density at radius 1 is 1.40 bits per heavy atom. The van der Waals surface area contributed by atoms with Crippen molar-refractivity contribution in [2.45, 2.75) is 12.7 Å². The van der Waals surface area contributed by atoms with E-state index in [0.29, 0.717) is 10.1 Å². The van der Waals surface area contributed by atoms with Crippen molar-refractivity contribution in [3.05, 3.63) is 23.1 Å². The zero-order valence-electron chi connectivity index (χ0n) is 7.29. The van der Waals surface area contributed by atoms with Gasteiger partial charge in [0.1, 0.15) is 16.7 Å². The third kappa shape index (κ3) is 2.28. The number of halogens is 4. The molecule has 7 heteroatoms. The van der Waals surface area contributed by atoms with E-state index < -0.39 is 12.7 Å². The summed E-state index contributed by atoms with van der Waals surface area (Å²) >= 11 is 3.10. The molecule has 0 saturated carbocycles. The number of hydrogen-bond acceptors (Lipinski definition) is 2. The Kier molecular flexibility index (Phi) is 2.41. The van der Waals surface area contributed by atoms with E-state index in [1.807, 2.05) is 0 Å². The van der Waals surface area contributed by atoms with Gasteiger partial charge in [-0.2, -0.15) is 13.2 Å². The van der Waals surface area contributed by atoms with Crippen molar-refractivity contribution in [2.24, 2.45) is 0 Å². The third-order valence-corrected chi connectivity index (χ3v) is 2.17. The predicted molar refractivity (Wildman–Crippen MR) is 51.3 cm³/mol. The first-order valence-electron chi connectivity index (χ1n) is 4.00. The Bertz CT molecular complexity index is 491. The van der Waals surface area contributed by atoms with E-state index in [0.717, 1.165) is 4.57 Å². The van der Waals surface area contributed by atoms with Crippen LogP contribution in [0.3, 0.4) is 0 Å². The number of hydrogen-bond donors (Lipinski definition) is 0. The van der Waals surface area contributed by atoms with Gasteiger partial charge in [0.05, 0.1) is 6.20 Å². The molecule has 0 amide bonds. The number of nitrogens with zero attached hydrogens (tertiary/aromatic N) is 3. The summed E-state index contributed by atoms with van der Waals surface area (Å²) in [5.74, 6) is 0. The SMILES string of the molecule is FC(F)(F)Cn1ccc2nc(Br)cnc21. The second-order valence-electron chi connectivity index (χ2n) is 2.96. The van der Waals surface area contributed by atoms with Crippen LogP contribution in [0.15, 0.2) is 23.1 Å². The number of alkyl halides is 3. The van der Waals surface area contributed by atoms with E-state index in [4.69, 9.17) is 0 Å². The smallest absolute Gasteiger partial charge is 0.322 e. The van der Waals surface area contributed by atoms with Gasteiger partial charge >= 0.3 is 6.18 Å². The lowest BCUT2D eigenvalue weighted by molar-refractivity contribution is -0.139. The number of fused-ring (bicyclic) bond motifs is 1. The van der Waals surface area contributed by atoms with Crippen LogP contribution in [0.2, 0.25) is 0 Å². The second-order valence-corrected chi connectivity index (χ2v) is 3.77. The minimum atomic E-state index is -4.25. The van der Waals surface area contributed by atoms with Gasteiger partial charge in [-0.1, -0.05) is 0 Å². The molecule has 0 N–H and O–H groups in total. The lowest BCUT2D eigenvalue weighted by atomic mass is 10.5. The van der Waals surface area contributed by atoms with Gasteiger partial charge in [-0.15, -0.1) is 0 Å². The summed E-state index contributed by atoms with van der Waals surface area (Å²) in [4.78, 5) is 7.87. The second kappa shape index (κ2) is 3.48. The Morgan fingerprint density at radius 2 is 2.13 bits per heavy atom. The van der Waals surface area contributed by atoms with Crippen LogP contribution in [0.5, 0.6) is 0 Å². The third-order valence-electron chi connectivity index (χ3n) is 1.78. The molecule has 3 nitrogen and oxygen atoms in total. The van der Waals surface area contributed by atoms with Gasteiger partial charge in [-0.05, 0) is 22.0 Å². The van der Waals surface area contributed by atoms with Gasteiger partial charge in [0.25, 0.3) is 0 Å². The van der Waals surface area contributed by atoms with Crippen molar-refractivity contribution < 1.29 is 13.2 Å². The average molecular weight is 280 g/mol.